The number of aryl methyl sites for hydroxylation is 1. The van der Waals surface area contributed by atoms with Gasteiger partial charge in [-0.15, -0.1) is 0 Å². The molecule has 2 aromatic carbocycles. The molecule has 0 radical (unpaired) electrons. The quantitative estimate of drug-likeness (QED) is 0.563. The lowest BCUT2D eigenvalue weighted by Gasteiger charge is -2.30. The van der Waals surface area contributed by atoms with E-state index in [-0.39, 0.29) is 41.5 Å². The van der Waals surface area contributed by atoms with Gasteiger partial charge in [0.1, 0.15) is 11.3 Å². The highest BCUT2D eigenvalue weighted by Gasteiger charge is 2.34. The third kappa shape index (κ3) is 4.76. The molecule has 2 saturated heterocycles. The number of amides is 2. The molecule has 9 nitrogen and oxygen atoms in total. The highest BCUT2D eigenvalue weighted by molar-refractivity contribution is 7.89. The van der Waals surface area contributed by atoms with Crippen molar-refractivity contribution in [2.24, 2.45) is 5.92 Å². The first-order valence-electron chi connectivity index (χ1n) is 12.1. The number of nitrogens with zero attached hydrogens (tertiary/aromatic N) is 2. The molecule has 2 aliphatic rings. The lowest BCUT2D eigenvalue weighted by molar-refractivity contribution is -0.120. The normalized spacial score (nSPS) is 17.9. The van der Waals surface area contributed by atoms with Gasteiger partial charge in [0.15, 0.2) is 0 Å². The lowest BCUT2D eigenvalue weighted by atomic mass is 9.97. The number of benzene rings is 2. The molecule has 2 amide bonds. The number of hydrogen-bond donors (Lipinski definition) is 1. The molecule has 190 valence electrons. The van der Waals surface area contributed by atoms with Crippen molar-refractivity contribution in [1.29, 1.82) is 0 Å². The topological polar surface area (TPSA) is 109 Å². The van der Waals surface area contributed by atoms with Crippen LogP contribution in [0.2, 0.25) is 0 Å². The molecule has 0 bridgehead atoms. The van der Waals surface area contributed by atoms with Crippen LogP contribution in [0.3, 0.4) is 0 Å². The second-order valence-electron chi connectivity index (χ2n) is 9.19. The molecule has 36 heavy (non-hydrogen) atoms. The molecule has 0 saturated carbocycles. The zero-order valence-electron chi connectivity index (χ0n) is 20.1. The van der Waals surface area contributed by atoms with Crippen LogP contribution in [0.15, 0.2) is 57.8 Å². The number of fused-ring (bicyclic) bond motifs is 1. The van der Waals surface area contributed by atoms with Gasteiger partial charge in [0.2, 0.25) is 21.7 Å². The van der Waals surface area contributed by atoms with Gasteiger partial charge in [-0.1, -0.05) is 29.8 Å². The van der Waals surface area contributed by atoms with Crippen LogP contribution in [-0.4, -0.2) is 68.8 Å². The van der Waals surface area contributed by atoms with Gasteiger partial charge in [-0.05, 0) is 44.0 Å². The maximum Gasteiger partial charge on any atom is 0.291 e. The van der Waals surface area contributed by atoms with Crippen LogP contribution in [0, 0.1) is 12.8 Å². The summed E-state index contributed by atoms with van der Waals surface area (Å²) in [5, 5.41) is 3.59. The highest BCUT2D eigenvalue weighted by Crippen LogP contribution is 2.33. The third-order valence-corrected chi connectivity index (χ3v) is 8.73. The van der Waals surface area contributed by atoms with E-state index in [0.29, 0.717) is 55.8 Å². The van der Waals surface area contributed by atoms with Gasteiger partial charge in [-0.2, -0.15) is 4.31 Å². The van der Waals surface area contributed by atoms with Crippen LogP contribution >= 0.6 is 0 Å². The maximum atomic E-state index is 13.3. The van der Waals surface area contributed by atoms with E-state index in [2.05, 4.69) is 5.32 Å². The van der Waals surface area contributed by atoms with E-state index < -0.39 is 10.0 Å². The summed E-state index contributed by atoms with van der Waals surface area (Å²) in [4.78, 5) is 28.4. The predicted octanol–water partition coefficient (Wildman–Crippen LogP) is 3.25. The molecule has 2 fully saturated rings. The van der Waals surface area contributed by atoms with Crippen molar-refractivity contribution in [3.8, 4) is 0 Å². The second kappa shape index (κ2) is 10.0. The fourth-order valence-electron chi connectivity index (χ4n) is 4.67. The molecule has 3 aromatic rings. The Balaban J connectivity index is 1.31. The smallest absolute Gasteiger partial charge is 0.291 e. The summed E-state index contributed by atoms with van der Waals surface area (Å²) in [6.07, 6.45) is 0.777. The van der Waals surface area contributed by atoms with Crippen LogP contribution in [0.5, 0.6) is 0 Å². The molecular formula is C26H29N3O6S. The van der Waals surface area contributed by atoms with E-state index in [1.54, 1.807) is 41.3 Å². The molecule has 0 atom stereocenters. The number of nitrogens with one attached hydrogen (secondary N) is 1. The largest absolute Gasteiger partial charge is 0.449 e. The average molecular weight is 512 g/mol. The zero-order valence-corrected chi connectivity index (χ0v) is 20.9. The van der Waals surface area contributed by atoms with Gasteiger partial charge in [0.05, 0.1) is 18.1 Å². The van der Waals surface area contributed by atoms with Crippen molar-refractivity contribution in [3.05, 3.63) is 59.9 Å². The number of para-hydroxylation sites is 1. The Hall–Kier alpha value is -3.21. The van der Waals surface area contributed by atoms with E-state index in [0.717, 1.165) is 5.56 Å². The molecule has 1 N–H and O–H groups in total. The van der Waals surface area contributed by atoms with E-state index in [9.17, 15) is 18.0 Å². The molecule has 5 rings (SSSR count). The Morgan fingerprint density at radius 1 is 0.944 bits per heavy atom. The van der Waals surface area contributed by atoms with Crippen LogP contribution < -0.4 is 5.32 Å². The molecule has 0 aliphatic carbocycles. The number of piperidine rings is 1. The summed E-state index contributed by atoms with van der Waals surface area (Å²) in [7, 11) is -3.61. The fourth-order valence-corrected chi connectivity index (χ4v) is 6.14. The van der Waals surface area contributed by atoms with Gasteiger partial charge in [0.25, 0.3) is 5.91 Å². The number of anilines is 1. The highest BCUT2D eigenvalue weighted by atomic mass is 32.2. The number of carbonyl (C=O) groups excluding carboxylic acids is 2. The first-order chi connectivity index (χ1) is 17.3. The SMILES string of the molecule is Cc1ccc(S(=O)(=O)N2CCC(C(=O)Nc3c(C(=O)N4CCOCC4)oc4ccccc34)CC2)cc1. The van der Waals surface area contributed by atoms with Crippen molar-refractivity contribution in [3.63, 3.8) is 0 Å². The van der Waals surface area contributed by atoms with Gasteiger partial charge in [0, 0.05) is 37.5 Å². The summed E-state index contributed by atoms with van der Waals surface area (Å²) in [6.45, 7) is 4.23. The van der Waals surface area contributed by atoms with E-state index in [1.807, 2.05) is 19.1 Å². The third-order valence-electron chi connectivity index (χ3n) is 6.82. The Bertz CT molecular complexity index is 1370. The molecule has 0 spiro atoms. The van der Waals surface area contributed by atoms with Crippen LogP contribution in [-0.2, 0) is 19.6 Å². The van der Waals surface area contributed by atoms with Crippen LogP contribution in [0.1, 0.15) is 29.0 Å². The molecular weight excluding hydrogens is 482 g/mol. The first-order valence-corrected chi connectivity index (χ1v) is 13.5. The van der Waals surface area contributed by atoms with Gasteiger partial charge in [-0.25, -0.2) is 8.42 Å². The number of sulfonamides is 1. The Morgan fingerprint density at radius 3 is 2.31 bits per heavy atom. The fraction of sp³-hybridized carbons (Fsp3) is 0.385. The Labute approximate surface area is 210 Å². The van der Waals surface area contributed by atoms with Gasteiger partial charge >= 0.3 is 0 Å². The summed E-state index contributed by atoms with van der Waals surface area (Å²) in [6, 6.07) is 14.0. The lowest BCUT2D eigenvalue weighted by Crippen LogP contribution is -2.42. The number of rotatable bonds is 5. The standard InChI is InChI=1S/C26H29N3O6S/c1-18-6-8-20(9-7-18)36(32,33)29-12-10-19(11-13-29)25(30)27-23-21-4-2-3-5-22(21)35-24(23)26(31)28-14-16-34-17-15-28/h2-9,19H,10-17H2,1H3,(H,27,30). The predicted molar refractivity (Wildman–Crippen MR) is 134 cm³/mol. The van der Waals surface area contributed by atoms with Crippen molar-refractivity contribution in [1.82, 2.24) is 9.21 Å². The van der Waals surface area contributed by atoms with Crippen LogP contribution in [0.4, 0.5) is 5.69 Å². The van der Waals surface area contributed by atoms with Gasteiger partial charge < -0.3 is 19.4 Å². The minimum Gasteiger partial charge on any atom is -0.449 e. The Morgan fingerprint density at radius 2 is 1.61 bits per heavy atom. The summed E-state index contributed by atoms with van der Waals surface area (Å²) in [5.41, 5.74) is 1.87. The monoisotopic (exact) mass is 511 g/mol. The summed E-state index contributed by atoms with van der Waals surface area (Å²) >= 11 is 0. The summed E-state index contributed by atoms with van der Waals surface area (Å²) < 4.78 is 38.7. The van der Waals surface area contributed by atoms with Crippen molar-refractivity contribution >= 4 is 38.5 Å². The molecule has 10 heteroatoms. The van der Waals surface area contributed by atoms with E-state index >= 15 is 0 Å². The average Bonchev–Trinajstić information content (AvgIpc) is 3.27. The number of hydrogen-bond acceptors (Lipinski definition) is 6. The molecule has 1 aromatic heterocycles. The maximum absolute atomic E-state index is 13.3. The number of morpholine rings is 1. The Kier molecular flexibility index (Phi) is 6.83. The number of ether oxygens (including phenoxy) is 1. The van der Waals surface area contributed by atoms with Crippen molar-refractivity contribution in [2.45, 2.75) is 24.7 Å². The van der Waals surface area contributed by atoms with Crippen LogP contribution in [0.25, 0.3) is 11.0 Å². The van der Waals surface area contributed by atoms with E-state index in [4.69, 9.17) is 9.15 Å². The van der Waals surface area contributed by atoms with Crippen molar-refractivity contribution < 1.29 is 27.2 Å². The number of carbonyl (C=O) groups is 2. The minimum absolute atomic E-state index is 0.103. The minimum atomic E-state index is -3.61. The molecule has 3 heterocycles. The molecule has 2 aliphatic heterocycles. The first kappa shape index (κ1) is 24.5. The molecule has 0 unspecified atom stereocenters. The van der Waals surface area contributed by atoms with Gasteiger partial charge in [-0.3, -0.25) is 9.59 Å². The summed E-state index contributed by atoms with van der Waals surface area (Å²) in [5.74, 6) is -0.811. The zero-order chi connectivity index (χ0) is 25.3. The van der Waals surface area contributed by atoms with Crippen molar-refractivity contribution in [2.75, 3.05) is 44.7 Å². The van der Waals surface area contributed by atoms with E-state index in [1.165, 1.54) is 4.31 Å². The second-order valence-corrected chi connectivity index (χ2v) is 11.1. The number of furan rings is 1.